The van der Waals surface area contributed by atoms with Crippen molar-refractivity contribution in [1.82, 2.24) is 0 Å². The summed E-state index contributed by atoms with van der Waals surface area (Å²) in [6.45, 7) is 4.46. The van der Waals surface area contributed by atoms with Crippen molar-refractivity contribution in [3.63, 3.8) is 0 Å². The Kier molecular flexibility index (Phi) is 31.2. The van der Waals surface area contributed by atoms with Crippen molar-refractivity contribution in [3.05, 3.63) is 0 Å². The fraction of sp³-hybridized carbons (Fsp3) is 1.00. The molecule has 0 fully saturated rings. The quantitative estimate of drug-likeness (QED) is 0.0769. The van der Waals surface area contributed by atoms with Gasteiger partial charge in [0.05, 0.1) is 13.2 Å². The SMILES string of the molecule is CCCCCCCCCCCOS(=O)(=O)[O-].CCCCCCCCCCCOS(=O)(=O)[O-].[Mg+2]. The summed E-state index contributed by atoms with van der Waals surface area (Å²) in [6.07, 6.45) is 20.6. The molecule has 0 aliphatic carbocycles. The molecule has 0 saturated carbocycles. The smallest absolute Gasteiger partial charge is 0.726 e. The zero-order valence-electron chi connectivity index (χ0n) is 20.9. The van der Waals surface area contributed by atoms with Crippen LogP contribution in [0.15, 0.2) is 0 Å². The summed E-state index contributed by atoms with van der Waals surface area (Å²) in [5.41, 5.74) is 0. The Morgan fingerprint density at radius 2 is 0.667 bits per heavy atom. The molecule has 0 atom stereocenters. The molecule has 0 radical (unpaired) electrons. The van der Waals surface area contributed by atoms with Crippen LogP contribution in [-0.4, -0.2) is 62.2 Å². The summed E-state index contributed by atoms with van der Waals surface area (Å²) in [5.74, 6) is 0. The zero-order chi connectivity index (χ0) is 24.6. The fourth-order valence-corrected chi connectivity index (χ4v) is 3.79. The maximum absolute atomic E-state index is 10.1. The second-order valence-corrected chi connectivity index (χ2v) is 10.2. The molecule has 0 amide bonds. The number of hydrogen-bond donors (Lipinski definition) is 0. The largest absolute Gasteiger partial charge is 2.00 e. The predicted molar refractivity (Wildman–Crippen MR) is 132 cm³/mol. The molecule has 0 heterocycles. The van der Waals surface area contributed by atoms with Crippen LogP contribution in [0.4, 0.5) is 0 Å². The van der Waals surface area contributed by atoms with Crippen LogP contribution in [0.25, 0.3) is 0 Å². The van der Waals surface area contributed by atoms with Crippen LogP contribution in [0.3, 0.4) is 0 Å². The van der Waals surface area contributed by atoms with Gasteiger partial charge in [-0.1, -0.05) is 117 Å². The Hall–Kier alpha value is 0.506. The minimum atomic E-state index is -4.48. The molecule has 0 spiro atoms. The van der Waals surface area contributed by atoms with E-state index in [0.29, 0.717) is 12.8 Å². The Labute approximate surface area is 220 Å². The van der Waals surface area contributed by atoms with Gasteiger partial charge in [0.1, 0.15) is 0 Å². The van der Waals surface area contributed by atoms with Crippen LogP contribution in [-0.2, 0) is 29.2 Å². The molecule has 0 saturated heterocycles. The molecule has 0 aromatic heterocycles. The first-order valence-corrected chi connectivity index (χ1v) is 15.0. The van der Waals surface area contributed by atoms with Crippen LogP contribution < -0.4 is 0 Å². The average Bonchev–Trinajstić information content (AvgIpc) is 2.70. The summed E-state index contributed by atoms with van der Waals surface area (Å²) in [5, 5.41) is 0. The maximum Gasteiger partial charge on any atom is 2.00 e. The summed E-state index contributed by atoms with van der Waals surface area (Å²) in [7, 11) is -8.96. The van der Waals surface area contributed by atoms with Gasteiger partial charge in [-0.2, -0.15) is 0 Å². The number of unbranched alkanes of at least 4 members (excludes halogenated alkanes) is 16. The summed E-state index contributed by atoms with van der Waals surface area (Å²) in [4.78, 5) is 0. The molecular weight excluding hydrogens is 481 g/mol. The van der Waals surface area contributed by atoms with E-state index in [0.717, 1.165) is 25.7 Å². The Balaban J connectivity index is -0.000000529. The third-order valence-electron chi connectivity index (χ3n) is 4.95. The third-order valence-corrected chi connectivity index (χ3v) is 5.86. The normalized spacial score (nSPS) is 11.5. The molecular formula is C22H46MgO8S2. The third kappa shape index (κ3) is 43.1. The van der Waals surface area contributed by atoms with Crippen molar-refractivity contribution in [1.29, 1.82) is 0 Å². The van der Waals surface area contributed by atoms with Gasteiger partial charge in [-0.3, -0.25) is 8.37 Å². The fourth-order valence-electron chi connectivity index (χ4n) is 3.15. The number of hydrogen-bond acceptors (Lipinski definition) is 8. The van der Waals surface area contributed by atoms with Gasteiger partial charge in [0.2, 0.25) is 20.8 Å². The summed E-state index contributed by atoms with van der Waals surface area (Å²) in [6, 6.07) is 0. The van der Waals surface area contributed by atoms with E-state index in [1.807, 2.05) is 0 Å². The summed E-state index contributed by atoms with van der Waals surface area (Å²) >= 11 is 0. The van der Waals surface area contributed by atoms with E-state index in [2.05, 4.69) is 22.2 Å². The van der Waals surface area contributed by atoms with E-state index < -0.39 is 20.8 Å². The van der Waals surface area contributed by atoms with Crippen LogP contribution >= 0.6 is 0 Å². The van der Waals surface area contributed by atoms with Crippen molar-refractivity contribution < 1.29 is 34.3 Å². The molecule has 8 nitrogen and oxygen atoms in total. The van der Waals surface area contributed by atoms with Crippen LogP contribution in [0.2, 0.25) is 0 Å². The van der Waals surface area contributed by atoms with Gasteiger partial charge in [-0.05, 0) is 12.8 Å². The van der Waals surface area contributed by atoms with E-state index in [4.69, 9.17) is 0 Å². The second-order valence-electron chi connectivity index (χ2n) is 8.12. The Morgan fingerprint density at radius 1 is 0.455 bits per heavy atom. The molecule has 33 heavy (non-hydrogen) atoms. The van der Waals surface area contributed by atoms with Crippen LogP contribution in [0.5, 0.6) is 0 Å². The van der Waals surface area contributed by atoms with Crippen molar-refractivity contribution in [2.75, 3.05) is 13.2 Å². The van der Waals surface area contributed by atoms with Crippen LogP contribution in [0, 0.1) is 0 Å². The topological polar surface area (TPSA) is 133 Å². The van der Waals surface area contributed by atoms with Crippen molar-refractivity contribution >= 4 is 43.9 Å². The van der Waals surface area contributed by atoms with Crippen molar-refractivity contribution in [2.24, 2.45) is 0 Å². The molecule has 0 N–H and O–H groups in total. The van der Waals surface area contributed by atoms with Crippen molar-refractivity contribution in [2.45, 2.75) is 129 Å². The summed E-state index contributed by atoms with van der Waals surface area (Å²) < 4.78 is 68.7. The minimum Gasteiger partial charge on any atom is -0.726 e. The van der Waals surface area contributed by atoms with E-state index in [-0.39, 0.29) is 36.3 Å². The molecule has 0 aliphatic heterocycles. The standard InChI is InChI=1S/2C11H24O4S.Mg/c2*1-2-3-4-5-6-7-8-9-10-11-15-16(12,13)14;/h2*2-11H2,1H3,(H,12,13,14);/q;;+2/p-2. The van der Waals surface area contributed by atoms with E-state index in [1.54, 1.807) is 0 Å². The molecule has 0 aromatic rings. The first-order chi connectivity index (χ1) is 15.1. The molecule has 0 unspecified atom stereocenters. The predicted octanol–water partition coefficient (Wildman–Crippen LogP) is 5.61. The molecule has 11 heteroatoms. The number of rotatable bonds is 22. The Bertz CT molecular complexity index is 531. The van der Waals surface area contributed by atoms with Gasteiger partial charge < -0.3 is 9.11 Å². The first-order valence-electron chi connectivity index (χ1n) is 12.3. The van der Waals surface area contributed by atoms with Gasteiger partial charge in [0.25, 0.3) is 0 Å². The van der Waals surface area contributed by atoms with Gasteiger partial charge in [0, 0.05) is 0 Å². The second kappa shape index (κ2) is 27.1. The molecule has 0 aliphatic rings. The molecule has 0 rings (SSSR count). The van der Waals surface area contributed by atoms with Crippen LogP contribution in [0.1, 0.15) is 129 Å². The van der Waals surface area contributed by atoms with E-state index in [1.165, 1.54) is 77.0 Å². The molecule has 196 valence electrons. The van der Waals surface area contributed by atoms with Gasteiger partial charge in [-0.15, -0.1) is 0 Å². The van der Waals surface area contributed by atoms with Gasteiger partial charge in [-0.25, -0.2) is 16.8 Å². The average molecular weight is 527 g/mol. The van der Waals surface area contributed by atoms with Gasteiger partial charge in [0.15, 0.2) is 0 Å². The monoisotopic (exact) mass is 526 g/mol. The molecule has 0 bridgehead atoms. The first kappa shape index (κ1) is 38.0. The zero-order valence-corrected chi connectivity index (χ0v) is 24.0. The van der Waals surface area contributed by atoms with Gasteiger partial charge >= 0.3 is 23.1 Å². The maximum atomic E-state index is 10.1. The van der Waals surface area contributed by atoms with E-state index in [9.17, 15) is 25.9 Å². The minimum absolute atomic E-state index is 0. The Morgan fingerprint density at radius 3 is 0.879 bits per heavy atom. The van der Waals surface area contributed by atoms with E-state index >= 15 is 0 Å². The van der Waals surface area contributed by atoms with Crippen molar-refractivity contribution in [3.8, 4) is 0 Å². The molecule has 0 aromatic carbocycles.